The third-order valence-corrected chi connectivity index (χ3v) is 7.33. The van der Waals surface area contributed by atoms with Crippen molar-refractivity contribution in [2.75, 3.05) is 26.8 Å². The van der Waals surface area contributed by atoms with Crippen molar-refractivity contribution in [2.24, 2.45) is 0 Å². The van der Waals surface area contributed by atoms with Gasteiger partial charge < -0.3 is 19.7 Å². The number of benzene rings is 3. The highest BCUT2D eigenvalue weighted by molar-refractivity contribution is 5.99. The van der Waals surface area contributed by atoms with Gasteiger partial charge in [0.15, 0.2) is 0 Å². The second kappa shape index (κ2) is 11.2. The largest absolute Gasteiger partial charge is 0.497 e. The minimum atomic E-state index is -1.05. The van der Waals surface area contributed by atoms with Gasteiger partial charge in [-0.3, -0.25) is 19.3 Å². The molecule has 0 radical (unpaired) electrons. The number of hydrogen-bond donors (Lipinski definition) is 1. The van der Waals surface area contributed by atoms with E-state index in [9.17, 15) is 18.8 Å². The normalized spacial score (nSPS) is 18.2. The lowest BCUT2D eigenvalue weighted by Gasteiger charge is -2.44. The number of piperidine rings is 1. The Morgan fingerprint density at radius 3 is 2.33 bits per heavy atom. The second-order valence-electron chi connectivity index (χ2n) is 9.68. The molecule has 0 aromatic heterocycles. The standard InChI is InChI=1S/C30H30FN3O5/c1-38-25-12-10-22(11-13-25)29(37)34-26(27(35)32-19-21-6-3-2-4-7-21)20-39-30(34)14-16-33(17-15-30)28(36)23-8-5-9-24(31)18-23/h2-13,18,26H,14-17,19-20H2,1H3,(H,32,35)/t26-/m1/s1. The summed E-state index contributed by atoms with van der Waals surface area (Å²) in [6.07, 6.45) is 0.636. The number of likely N-dealkylation sites (tertiary alicyclic amines) is 1. The second-order valence-corrected chi connectivity index (χ2v) is 9.68. The molecule has 2 heterocycles. The van der Waals surface area contributed by atoms with Gasteiger partial charge in [-0.2, -0.15) is 0 Å². The van der Waals surface area contributed by atoms with Crippen LogP contribution < -0.4 is 10.1 Å². The van der Waals surface area contributed by atoms with Crippen molar-refractivity contribution >= 4 is 17.7 Å². The molecule has 3 aromatic carbocycles. The zero-order chi connectivity index (χ0) is 27.4. The average Bonchev–Trinajstić information content (AvgIpc) is 3.34. The van der Waals surface area contributed by atoms with Crippen LogP contribution in [0.15, 0.2) is 78.9 Å². The van der Waals surface area contributed by atoms with Crippen LogP contribution in [0.25, 0.3) is 0 Å². The van der Waals surface area contributed by atoms with Crippen LogP contribution in [0.3, 0.4) is 0 Å². The van der Waals surface area contributed by atoms with E-state index >= 15 is 0 Å². The van der Waals surface area contributed by atoms with Crippen molar-refractivity contribution in [1.82, 2.24) is 15.1 Å². The predicted molar refractivity (Wildman–Crippen MR) is 141 cm³/mol. The summed E-state index contributed by atoms with van der Waals surface area (Å²) in [7, 11) is 1.55. The lowest BCUT2D eigenvalue weighted by molar-refractivity contribution is -0.128. The topological polar surface area (TPSA) is 88.2 Å². The molecule has 0 saturated carbocycles. The number of nitrogens with zero attached hydrogens (tertiary/aromatic N) is 2. The smallest absolute Gasteiger partial charge is 0.256 e. The molecule has 2 saturated heterocycles. The molecule has 9 heteroatoms. The number of ether oxygens (including phenoxy) is 2. The van der Waals surface area contributed by atoms with Crippen molar-refractivity contribution in [3.05, 3.63) is 101 Å². The number of carbonyl (C=O) groups excluding carboxylic acids is 3. The van der Waals surface area contributed by atoms with Gasteiger partial charge in [-0.1, -0.05) is 36.4 Å². The van der Waals surface area contributed by atoms with Crippen LogP contribution in [0.1, 0.15) is 39.1 Å². The summed E-state index contributed by atoms with van der Waals surface area (Å²) in [6, 6.07) is 21.0. The zero-order valence-electron chi connectivity index (χ0n) is 21.6. The summed E-state index contributed by atoms with van der Waals surface area (Å²) < 4.78 is 25.2. The van der Waals surface area contributed by atoms with E-state index in [-0.39, 0.29) is 29.9 Å². The zero-order valence-corrected chi connectivity index (χ0v) is 21.6. The molecule has 202 valence electrons. The van der Waals surface area contributed by atoms with Gasteiger partial charge in [0.25, 0.3) is 11.8 Å². The summed E-state index contributed by atoms with van der Waals surface area (Å²) in [5.74, 6) is -0.794. The maximum absolute atomic E-state index is 13.9. The van der Waals surface area contributed by atoms with Crippen molar-refractivity contribution in [3.63, 3.8) is 0 Å². The molecule has 1 spiro atoms. The van der Waals surface area contributed by atoms with Gasteiger partial charge >= 0.3 is 0 Å². The van der Waals surface area contributed by atoms with Crippen LogP contribution in [0.4, 0.5) is 4.39 Å². The van der Waals surface area contributed by atoms with Crippen molar-refractivity contribution in [3.8, 4) is 5.75 Å². The number of rotatable bonds is 6. The molecule has 0 unspecified atom stereocenters. The maximum atomic E-state index is 13.9. The van der Waals surface area contributed by atoms with Gasteiger partial charge in [-0.25, -0.2) is 4.39 Å². The Labute approximate surface area is 226 Å². The SMILES string of the molecule is COc1ccc(C(=O)N2[C@@H](C(=O)NCc3ccccc3)COC23CCN(C(=O)c2cccc(F)c2)CC3)cc1. The van der Waals surface area contributed by atoms with E-state index in [1.807, 2.05) is 30.3 Å². The molecule has 3 aromatic rings. The minimum absolute atomic E-state index is 0.0420. The highest BCUT2D eigenvalue weighted by Gasteiger charge is 2.54. The fraction of sp³-hybridized carbons (Fsp3) is 0.300. The maximum Gasteiger partial charge on any atom is 0.256 e. The van der Waals surface area contributed by atoms with Crippen molar-refractivity contribution in [1.29, 1.82) is 0 Å². The van der Waals surface area contributed by atoms with Crippen LogP contribution in [-0.4, -0.2) is 66.1 Å². The molecule has 0 bridgehead atoms. The van der Waals surface area contributed by atoms with Gasteiger partial charge in [-0.05, 0) is 48.0 Å². The minimum Gasteiger partial charge on any atom is -0.497 e. The first-order valence-corrected chi connectivity index (χ1v) is 12.9. The number of halogens is 1. The van der Waals surface area contributed by atoms with E-state index in [2.05, 4.69) is 5.32 Å². The van der Waals surface area contributed by atoms with E-state index in [4.69, 9.17) is 9.47 Å². The van der Waals surface area contributed by atoms with Gasteiger partial charge in [-0.15, -0.1) is 0 Å². The quantitative estimate of drug-likeness (QED) is 0.525. The molecule has 3 amide bonds. The van der Waals surface area contributed by atoms with Crippen LogP contribution in [0.2, 0.25) is 0 Å². The van der Waals surface area contributed by atoms with E-state index in [0.29, 0.717) is 43.8 Å². The van der Waals surface area contributed by atoms with Crippen LogP contribution in [-0.2, 0) is 16.1 Å². The third-order valence-electron chi connectivity index (χ3n) is 7.33. The first-order chi connectivity index (χ1) is 18.9. The van der Waals surface area contributed by atoms with Gasteiger partial charge in [0.05, 0.1) is 13.7 Å². The molecular formula is C30H30FN3O5. The summed E-state index contributed by atoms with van der Waals surface area (Å²) >= 11 is 0. The number of nitrogens with one attached hydrogen (secondary N) is 1. The fourth-order valence-electron chi connectivity index (χ4n) is 5.21. The Bertz CT molecular complexity index is 1340. The summed E-state index contributed by atoms with van der Waals surface area (Å²) in [5.41, 5.74) is 0.559. The average molecular weight is 532 g/mol. The predicted octanol–water partition coefficient (Wildman–Crippen LogP) is 3.62. The van der Waals surface area contributed by atoms with E-state index < -0.39 is 17.6 Å². The molecule has 1 N–H and O–H groups in total. The molecular weight excluding hydrogens is 501 g/mol. The summed E-state index contributed by atoms with van der Waals surface area (Å²) in [4.78, 5) is 43.4. The molecule has 39 heavy (non-hydrogen) atoms. The Balaban J connectivity index is 1.36. The molecule has 1 atom stereocenters. The van der Waals surface area contributed by atoms with Crippen molar-refractivity contribution < 1.29 is 28.2 Å². The third kappa shape index (κ3) is 5.49. The molecule has 2 aliphatic heterocycles. The van der Waals surface area contributed by atoms with E-state index in [0.717, 1.165) is 5.56 Å². The first-order valence-electron chi connectivity index (χ1n) is 12.9. The van der Waals surface area contributed by atoms with Gasteiger partial charge in [0.1, 0.15) is 23.3 Å². The van der Waals surface area contributed by atoms with Crippen LogP contribution >= 0.6 is 0 Å². The Morgan fingerprint density at radius 2 is 1.67 bits per heavy atom. The van der Waals surface area contributed by atoms with E-state index in [1.54, 1.807) is 47.2 Å². The highest BCUT2D eigenvalue weighted by Crippen LogP contribution is 2.39. The van der Waals surface area contributed by atoms with Crippen LogP contribution in [0.5, 0.6) is 5.75 Å². The summed E-state index contributed by atoms with van der Waals surface area (Å²) in [6.45, 7) is 0.949. The molecule has 8 nitrogen and oxygen atoms in total. The van der Waals surface area contributed by atoms with Gasteiger partial charge in [0, 0.05) is 43.6 Å². The Hall–Kier alpha value is -4.24. The summed E-state index contributed by atoms with van der Waals surface area (Å²) in [5, 5.41) is 2.94. The molecule has 5 rings (SSSR count). The number of carbonyl (C=O) groups is 3. The van der Waals surface area contributed by atoms with Crippen LogP contribution in [0, 0.1) is 5.82 Å². The first kappa shape index (κ1) is 26.4. The Morgan fingerprint density at radius 1 is 0.949 bits per heavy atom. The number of amides is 3. The molecule has 0 aliphatic carbocycles. The van der Waals surface area contributed by atoms with E-state index in [1.165, 1.54) is 18.2 Å². The monoisotopic (exact) mass is 531 g/mol. The highest BCUT2D eigenvalue weighted by atomic mass is 19.1. The lowest BCUT2D eigenvalue weighted by atomic mass is 9.96. The Kier molecular flexibility index (Phi) is 7.60. The fourth-order valence-corrected chi connectivity index (χ4v) is 5.21. The number of hydrogen-bond acceptors (Lipinski definition) is 5. The van der Waals surface area contributed by atoms with Gasteiger partial charge in [0.2, 0.25) is 5.91 Å². The lowest BCUT2D eigenvalue weighted by Crippen LogP contribution is -2.59. The molecule has 2 fully saturated rings. The number of methoxy groups -OCH3 is 1. The molecule has 2 aliphatic rings. The van der Waals surface area contributed by atoms with Crippen molar-refractivity contribution in [2.45, 2.75) is 31.2 Å².